The largest absolute Gasteiger partial charge is 0.103 e. The summed E-state index contributed by atoms with van der Waals surface area (Å²) in [7, 11) is 0. The molecule has 2 unspecified atom stereocenters. The number of allylic oxidation sites excluding steroid dienone is 3. The molecule has 0 aromatic rings. The fraction of sp³-hybridized carbons (Fsp3) is 0.750. The first-order valence-corrected chi connectivity index (χ1v) is 5.26. The van der Waals surface area contributed by atoms with E-state index in [-0.39, 0.29) is 22.3 Å². The van der Waals surface area contributed by atoms with E-state index in [4.69, 9.17) is 0 Å². The van der Waals surface area contributed by atoms with Crippen LogP contribution in [0, 0.1) is 17.3 Å². The summed E-state index contributed by atoms with van der Waals surface area (Å²) in [6, 6.07) is 0. The van der Waals surface area contributed by atoms with Gasteiger partial charge >= 0.3 is 0 Å². The first-order chi connectivity index (χ1) is 6.02. The van der Waals surface area contributed by atoms with Gasteiger partial charge in [-0.3, -0.25) is 0 Å². The van der Waals surface area contributed by atoms with Gasteiger partial charge in [-0.05, 0) is 43.9 Å². The summed E-state index contributed by atoms with van der Waals surface area (Å²) < 4.78 is 0. The molecule has 0 spiro atoms. The van der Waals surface area contributed by atoms with Crippen molar-refractivity contribution in [1.82, 2.24) is 0 Å². The predicted octanol–water partition coefficient (Wildman–Crippen LogP) is 6.10. The van der Waals surface area contributed by atoms with Gasteiger partial charge in [0.2, 0.25) is 0 Å². The van der Waals surface area contributed by atoms with Gasteiger partial charge in [0.05, 0.1) is 0 Å². The fourth-order valence-corrected chi connectivity index (χ4v) is 2.49. The standard InChI is InChI=1S/C10H16.C3H6.3CH4/c1-7-4-8-6-9(5-7)10(8,2)3;1-3-2;;;/h4,8-9H,5-6H2,1-3H3;3H,1H2,2H3;3*1H4. The molecule has 0 aromatic carbocycles. The van der Waals surface area contributed by atoms with Crippen molar-refractivity contribution >= 4 is 0 Å². The summed E-state index contributed by atoms with van der Waals surface area (Å²) in [4.78, 5) is 0. The van der Waals surface area contributed by atoms with Crippen LogP contribution < -0.4 is 0 Å². The summed E-state index contributed by atoms with van der Waals surface area (Å²) >= 11 is 0. The molecule has 0 heterocycles. The second kappa shape index (κ2) is 7.70. The molecule has 0 amide bonds. The molecule has 0 aliphatic heterocycles. The highest BCUT2D eigenvalue weighted by molar-refractivity contribution is 5.19. The third-order valence-corrected chi connectivity index (χ3v) is 3.60. The third-order valence-electron chi connectivity index (χ3n) is 3.60. The van der Waals surface area contributed by atoms with Crippen molar-refractivity contribution in [2.45, 2.75) is 62.8 Å². The minimum atomic E-state index is 0. The normalized spacial score (nSPS) is 27.1. The zero-order chi connectivity index (χ0) is 10.1. The van der Waals surface area contributed by atoms with Crippen LogP contribution in [0.2, 0.25) is 0 Å². The topological polar surface area (TPSA) is 0 Å². The lowest BCUT2D eigenvalue weighted by Crippen LogP contribution is -2.46. The Morgan fingerprint density at radius 1 is 1.31 bits per heavy atom. The highest BCUT2D eigenvalue weighted by atomic mass is 14.5. The Kier molecular flexibility index (Phi) is 10.0. The average molecular weight is 226 g/mol. The third kappa shape index (κ3) is 3.81. The lowest BCUT2D eigenvalue weighted by molar-refractivity contribution is -0.000651. The van der Waals surface area contributed by atoms with Crippen LogP contribution in [0.15, 0.2) is 24.3 Å². The molecule has 0 nitrogen and oxygen atoms in total. The van der Waals surface area contributed by atoms with E-state index in [0.29, 0.717) is 5.41 Å². The maximum absolute atomic E-state index is 3.36. The van der Waals surface area contributed by atoms with Crippen molar-refractivity contribution < 1.29 is 0 Å². The lowest BCUT2D eigenvalue weighted by atomic mass is 9.50. The molecule has 0 saturated heterocycles. The van der Waals surface area contributed by atoms with E-state index < -0.39 is 0 Å². The first-order valence-electron chi connectivity index (χ1n) is 5.26. The van der Waals surface area contributed by atoms with Crippen LogP contribution in [0.3, 0.4) is 0 Å². The molecule has 1 fully saturated rings. The quantitative estimate of drug-likeness (QED) is 0.438. The lowest BCUT2D eigenvalue weighted by Gasteiger charge is -2.55. The Balaban J connectivity index is -0.000000258. The van der Waals surface area contributed by atoms with Crippen molar-refractivity contribution in [2.24, 2.45) is 17.3 Å². The van der Waals surface area contributed by atoms with Crippen LogP contribution in [0.4, 0.5) is 0 Å². The summed E-state index contributed by atoms with van der Waals surface area (Å²) in [5.74, 6) is 1.91. The van der Waals surface area contributed by atoms with Crippen molar-refractivity contribution in [3.63, 3.8) is 0 Å². The maximum Gasteiger partial charge on any atom is -0.0174 e. The molecule has 0 heteroatoms. The molecule has 2 atom stereocenters. The second-order valence-corrected chi connectivity index (χ2v) is 4.99. The van der Waals surface area contributed by atoms with Crippen LogP contribution in [0.5, 0.6) is 0 Å². The number of fused-ring (bicyclic) bond motifs is 1. The molecule has 3 aliphatic rings. The van der Waals surface area contributed by atoms with E-state index in [9.17, 15) is 0 Å². The fourth-order valence-electron chi connectivity index (χ4n) is 2.49. The summed E-state index contributed by atoms with van der Waals surface area (Å²) in [6.45, 7) is 12.3. The van der Waals surface area contributed by atoms with Gasteiger partial charge in [-0.15, -0.1) is 6.58 Å². The van der Waals surface area contributed by atoms with Crippen molar-refractivity contribution in [2.75, 3.05) is 0 Å². The summed E-state index contributed by atoms with van der Waals surface area (Å²) in [6.07, 6.45) is 7.06. The summed E-state index contributed by atoms with van der Waals surface area (Å²) in [5, 5.41) is 0. The van der Waals surface area contributed by atoms with Gasteiger partial charge in [0.1, 0.15) is 0 Å². The Morgan fingerprint density at radius 2 is 1.75 bits per heavy atom. The molecule has 16 heavy (non-hydrogen) atoms. The smallest absolute Gasteiger partial charge is 0.0174 e. The van der Waals surface area contributed by atoms with Crippen LogP contribution in [-0.4, -0.2) is 0 Å². The summed E-state index contributed by atoms with van der Waals surface area (Å²) in [5.41, 5.74) is 2.26. The molecular formula is C16H34. The minimum Gasteiger partial charge on any atom is -0.103 e. The Labute approximate surface area is 105 Å². The molecule has 0 radical (unpaired) electrons. The molecular weight excluding hydrogens is 192 g/mol. The maximum atomic E-state index is 3.36. The average Bonchev–Trinajstić information content (AvgIpc) is 2.05. The number of hydrogen-bond donors (Lipinski definition) is 0. The van der Waals surface area contributed by atoms with E-state index in [0.717, 1.165) is 11.8 Å². The van der Waals surface area contributed by atoms with Crippen molar-refractivity contribution in [3.05, 3.63) is 24.3 Å². The molecule has 3 rings (SSSR count). The molecule has 0 aromatic heterocycles. The van der Waals surface area contributed by atoms with Crippen LogP contribution in [0.1, 0.15) is 62.8 Å². The van der Waals surface area contributed by atoms with E-state index in [2.05, 4.69) is 33.4 Å². The zero-order valence-corrected chi connectivity index (χ0v) is 9.43. The molecule has 2 bridgehead atoms. The highest BCUT2D eigenvalue weighted by Gasteiger charge is 2.48. The number of rotatable bonds is 0. The van der Waals surface area contributed by atoms with E-state index in [1.165, 1.54) is 12.8 Å². The van der Waals surface area contributed by atoms with Gasteiger partial charge in [-0.25, -0.2) is 0 Å². The van der Waals surface area contributed by atoms with Gasteiger partial charge in [-0.2, -0.15) is 0 Å². The van der Waals surface area contributed by atoms with Gasteiger partial charge in [-0.1, -0.05) is 53.9 Å². The van der Waals surface area contributed by atoms with Gasteiger partial charge in [0.25, 0.3) is 0 Å². The monoisotopic (exact) mass is 226 g/mol. The predicted molar refractivity (Wildman–Crippen MR) is 79.8 cm³/mol. The van der Waals surface area contributed by atoms with Gasteiger partial charge < -0.3 is 0 Å². The van der Waals surface area contributed by atoms with E-state index >= 15 is 0 Å². The van der Waals surface area contributed by atoms with E-state index in [1.54, 1.807) is 11.6 Å². The first kappa shape index (κ1) is 20.8. The highest BCUT2D eigenvalue weighted by Crippen LogP contribution is 2.57. The van der Waals surface area contributed by atoms with Crippen LogP contribution in [-0.2, 0) is 0 Å². The molecule has 0 N–H and O–H groups in total. The number of hydrogen-bond acceptors (Lipinski definition) is 0. The molecule has 1 saturated carbocycles. The Hall–Kier alpha value is -0.520. The molecule has 98 valence electrons. The SMILES string of the molecule is C.C.C.C=CC.CC1=CC2CC(C1)C2(C)C. The van der Waals surface area contributed by atoms with E-state index in [1.807, 2.05) is 6.92 Å². The van der Waals surface area contributed by atoms with Gasteiger partial charge in [0, 0.05) is 0 Å². The zero-order valence-electron chi connectivity index (χ0n) is 9.43. The van der Waals surface area contributed by atoms with Gasteiger partial charge in [0.15, 0.2) is 0 Å². The van der Waals surface area contributed by atoms with Crippen molar-refractivity contribution in [1.29, 1.82) is 0 Å². The van der Waals surface area contributed by atoms with Crippen LogP contribution in [0.25, 0.3) is 0 Å². The Bertz CT molecular complexity index is 220. The minimum absolute atomic E-state index is 0. The second-order valence-electron chi connectivity index (χ2n) is 4.99. The van der Waals surface area contributed by atoms with Crippen LogP contribution >= 0.6 is 0 Å². The molecule has 3 aliphatic carbocycles. The Morgan fingerprint density at radius 3 is 1.94 bits per heavy atom. The van der Waals surface area contributed by atoms with Crippen molar-refractivity contribution in [3.8, 4) is 0 Å².